The van der Waals surface area contributed by atoms with Gasteiger partial charge in [-0.05, 0) is 35.4 Å². The highest BCUT2D eigenvalue weighted by atomic mass is 32.1. The molecule has 0 spiro atoms. The van der Waals surface area contributed by atoms with E-state index in [9.17, 15) is 9.59 Å². The van der Waals surface area contributed by atoms with Gasteiger partial charge in [-0.15, -0.1) is 34.0 Å². The molecule has 5 aromatic heterocycles. The first-order valence-electron chi connectivity index (χ1n) is 19.0. The van der Waals surface area contributed by atoms with Crippen LogP contribution in [0.4, 0.5) is 9.59 Å². The molecule has 4 aromatic carbocycles. The van der Waals surface area contributed by atoms with Crippen LogP contribution in [0.1, 0.15) is 43.1 Å². The Hall–Kier alpha value is -5.64. The van der Waals surface area contributed by atoms with E-state index in [2.05, 4.69) is 0 Å². The second-order valence-electron chi connectivity index (χ2n) is 14.5. The number of hydrogen-bond acceptors (Lipinski definition) is 11. The van der Waals surface area contributed by atoms with E-state index in [-0.39, 0.29) is 13.2 Å². The van der Waals surface area contributed by atoms with E-state index in [0.717, 1.165) is 73.1 Å². The molecule has 0 bridgehead atoms. The molecule has 0 aliphatic heterocycles. The first-order valence-corrected chi connectivity index (χ1v) is 23.1. The number of benzene rings is 4. The Kier molecular flexibility index (Phi) is 9.46. The highest BCUT2D eigenvalue weighted by Crippen LogP contribution is 2.50. The third kappa shape index (κ3) is 6.25. The lowest BCUT2D eigenvalue weighted by atomic mass is 10.1. The summed E-state index contributed by atoms with van der Waals surface area (Å²) in [7, 11) is 0. The molecule has 0 amide bonds. The number of carbonyl (C=O) groups is 2. The van der Waals surface area contributed by atoms with E-state index < -0.39 is 12.2 Å². The van der Waals surface area contributed by atoms with Crippen LogP contribution in [0.25, 0.3) is 53.0 Å². The Balaban J connectivity index is 1.10. The van der Waals surface area contributed by atoms with E-state index in [1.54, 1.807) is 31.8 Å². The van der Waals surface area contributed by atoms with E-state index in [0.29, 0.717) is 41.5 Å². The molecule has 11 rings (SSSR count). The number of nitrogens with zero attached hydrogens (tertiary/aromatic N) is 2. The fourth-order valence-electron chi connectivity index (χ4n) is 8.02. The SMILES string of the molecule is O=C(OCc1ccccc1)n1c2cc(C=C3C(=S)c4ccccc4C3=S)sc2c2sc3c4sc(C=C5C(=S)c6ccccc6C5=S)cc4n(C(=O)OCc4ccccc4)c3c21. The quantitative estimate of drug-likeness (QED) is 0.121. The van der Waals surface area contributed by atoms with Crippen LogP contribution in [-0.4, -0.2) is 40.8 Å². The first kappa shape index (κ1) is 38.3. The van der Waals surface area contributed by atoms with Gasteiger partial charge in [0, 0.05) is 43.2 Å². The second-order valence-corrected chi connectivity index (χ2v) is 19.3. The molecular weight excluding hydrogens is 893 g/mol. The maximum atomic E-state index is 14.5. The van der Waals surface area contributed by atoms with Gasteiger partial charge in [-0.1, -0.05) is 158 Å². The van der Waals surface area contributed by atoms with Crippen molar-refractivity contribution in [2.45, 2.75) is 13.2 Å². The van der Waals surface area contributed by atoms with E-state index in [4.69, 9.17) is 58.3 Å². The fourth-order valence-corrected chi connectivity index (χ4v) is 13.2. The van der Waals surface area contributed by atoms with Crippen LogP contribution in [0.3, 0.4) is 0 Å². The summed E-state index contributed by atoms with van der Waals surface area (Å²) in [6, 6.07) is 38.9. The number of fused-ring (bicyclic) bond motifs is 9. The monoisotopic (exact) mass is 918 g/mol. The molecule has 2 aliphatic rings. The minimum Gasteiger partial charge on any atom is -0.444 e. The average molecular weight is 919 g/mol. The number of rotatable bonds is 6. The Morgan fingerprint density at radius 1 is 0.475 bits per heavy atom. The summed E-state index contributed by atoms with van der Waals surface area (Å²) in [5, 5.41) is 0. The summed E-state index contributed by atoms with van der Waals surface area (Å²) in [6.45, 7) is 0.133. The van der Waals surface area contributed by atoms with Crippen LogP contribution in [0.2, 0.25) is 0 Å². The summed E-state index contributed by atoms with van der Waals surface area (Å²) in [5.74, 6) is 0. The average Bonchev–Trinajstić information content (AvgIpc) is 4.15. The summed E-state index contributed by atoms with van der Waals surface area (Å²) in [6.07, 6.45) is 2.90. The lowest BCUT2D eigenvalue weighted by molar-refractivity contribution is 0.142. The van der Waals surface area contributed by atoms with Gasteiger partial charge in [0.15, 0.2) is 0 Å². The Morgan fingerprint density at radius 2 is 0.820 bits per heavy atom. The third-order valence-electron chi connectivity index (χ3n) is 10.8. The number of allylic oxidation sites excluding steroid dienone is 2. The number of aromatic nitrogens is 2. The molecule has 2 aliphatic carbocycles. The standard InChI is InChI=1S/C48H26N2O4S7/c51-47(53-23-25-11-3-1-4-12-25)49-35-21-27(19-33-39(55)29-15-7-8-16-30(29)40(33)56)59-43(35)45-37(49)38-46(61-45)44-36(50(38)48(52)54-24-26-13-5-2-6-14-26)22-28(60-44)20-34-41(57)31-17-9-10-18-32(31)42(34)58/h1-22H,23-24H2. The number of carbonyl (C=O) groups excluding carboxylic acids is 2. The van der Waals surface area contributed by atoms with Crippen molar-refractivity contribution in [2.75, 3.05) is 0 Å². The minimum absolute atomic E-state index is 0.0663. The molecule has 0 saturated heterocycles. The Labute approximate surface area is 381 Å². The van der Waals surface area contributed by atoms with Crippen molar-refractivity contribution in [3.8, 4) is 0 Å². The van der Waals surface area contributed by atoms with Gasteiger partial charge < -0.3 is 9.47 Å². The minimum atomic E-state index is -0.568. The predicted molar refractivity (Wildman–Crippen MR) is 266 cm³/mol. The largest absolute Gasteiger partial charge is 0.444 e. The van der Waals surface area contributed by atoms with Gasteiger partial charge in [0.1, 0.15) is 13.2 Å². The van der Waals surface area contributed by atoms with E-state index in [1.807, 2.05) is 133 Å². The summed E-state index contributed by atoms with van der Waals surface area (Å²) >= 11 is 28.3. The molecule has 5 heterocycles. The molecule has 0 atom stereocenters. The number of thiophene rings is 3. The molecule has 0 unspecified atom stereocenters. The maximum absolute atomic E-state index is 14.5. The van der Waals surface area contributed by atoms with Crippen LogP contribution in [0.15, 0.2) is 132 Å². The van der Waals surface area contributed by atoms with Crippen LogP contribution in [-0.2, 0) is 22.7 Å². The molecule has 0 fully saturated rings. The van der Waals surface area contributed by atoms with Crippen molar-refractivity contribution in [2.24, 2.45) is 0 Å². The van der Waals surface area contributed by atoms with Crippen molar-refractivity contribution in [1.82, 2.24) is 9.13 Å². The molecule has 0 saturated carbocycles. The molecular formula is C48H26N2O4S7. The van der Waals surface area contributed by atoms with Gasteiger partial charge in [0.2, 0.25) is 0 Å². The summed E-state index contributed by atoms with van der Waals surface area (Å²) in [4.78, 5) is 33.7. The van der Waals surface area contributed by atoms with Crippen molar-refractivity contribution >= 4 is 168 Å². The number of thiocarbonyl (C=S) groups is 4. The van der Waals surface area contributed by atoms with Crippen LogP contribution in [0.5, 0.6) is 0 Å². The summed E-state index contributed by atoms with van der Waals surface area (Å²) in [5.41, 5.74) is 9.57. The van der Waals surface area contributed by atoms with Crippen molar-refractivity contribution in [3.05, 3.63) is 176 Å². The van der Waals surface area contributed by atoms with Crippen molar-refractivity contribution in [1.29, 1.82) is 0 Å². The zero-order chi connectivity index (χ0) is 41.5. The highest BCUT2D eigenvalue weighted by molar-refractivity contribution is 7.84. The second kappa shape index (κ2) is 15.1. The lowest BCUT2D eigenvalue weighted by Gasteiger charge is -2.10. The van der Waals surface area contributed by atoms with Crippen LogP contribution < -0.4 is 0 Å². The van der Waals surface area contributed by atoms with Crippen molar-refractivity contribution < 1.29 is 19.1 Å². The molecule has 61 heavy (non-hydrogen) atoms. The highest BCUT2D eigenvalue weighted by Gasteiger charge is 2.32. The molecule has 0 N–H and O–H groups in total. The number of hydrogen-bond donors (Lipinski definition) is 0. The topological polar surface area (TPSA) is 62.5 Å². The van der Waals surface area contributed by atoms with Crippen LogP contribution >= 0.6 is 82.9 Å². The first-order chi connectivity index (χ1) is 29.7. The summed E-state index contributed by atoms with van der Waals surface area (Å²) < 4.78 is 18.8. The molecule has 294 valence electrons. The fraction of sp³-hybridized carbons (Fsp3) is 0.0417. The van der Waals surface area contributed by atoms with Gasteiger partial charge >= 0.3 is 12.2 Å². The molecule has 0 radical (unpaired) electrons. The normalized spacial score (nSPS) is 13.6. The Bertz CT molecular complexity index is 3180. The van der Waals surface area contributed by atoms with E-state index >= 15 is 0 Å². The smallest absolute Gasteiger partial charge is 0.419 e. The lowest BCUT2D eigenvalue weighted by Crippen LogP contribution is -2.16. The molecule has 6 nitrogen and oxygen atoms in total. The number of ether oxygens (including phenoxy) is 2. The van der Waals surface area contributed by atoms with Crippen LogP contribution in [0, 0.1) is 0 Å². The van der Waals surface area contributed by atoms with Gasteiger partial charge in [-0.2, -0.15) is 0 Å². The van der Waals surface area contributed by atoms with E-state index in [1.165, 1.54) is 11.3 Å². The van der Waals surface area contributed by atoms with Gasteiger partial charge in [0.05, 0.1) is 60.3 Å². The molecule has 9 aromatic rings. The Morgan fingerprint density at radius 3 is 1.18 bits per heavy atom. The van der Waals surface area contributed by atoms with Crippen molar-refractivity contribution in [3.63, 3.8) is 0 Å². The zero-order valence-corrected chi connectivity index (χ0v) is 37.2. The predicted octanol–water partition coefficient (Wildman–Crippen LogP) is 13.5. The zero-order valence-electron chi connectivity index (χ0n) is 31.5. The third-order valence-corrected chi connectivity index (χ3v) is 16.2. The maximum Gasteiger partial charge on any atom is 0.419 e. The van der Waals surface area contributed by atoms with Gasteiger partial charge in [0.25, 0.3) is 0 Å². The van der Waals surface area contributed by atoms with Gasteiger partial charge in [-0.25, -0.2) is 18.7 Å². The molecule has 13 heteroatoms. The van der Waals surface area contributed by atoms with Gasteiger partial charge in [-0.3, -0.25) is 0 Å².